The van der Waals surface area contributed by atoms with E-state index in [-0.39, 0.29) is 5.92 Å². The Balaban J connectivity index is 2.66. The maximum atomic E-state index is 10.5. The molecule has 0 saturated heterocycles. The summed E-state index contributed by atoms with van der Waals surface area (Å²) in [5.74, 6) is 0.148. The van der Waals surface area contributed by atoms with E-state index in [4.69, 9.17) is 0 Å². The van der Waals surface area contributed by atoms with Crippen molar-refractivity contribution in [3.63, 3.8) is 0 Å². The minimum atomic E-state index is 0.148. The first-order valence-electron chi connectivity index (χ1n) is 5.72. The van der Waals surface area contributed by atoms with Crippen LogP contribution >= 0.6 is 0 Å². The van der Waals surface area contributed by atoms with Gasteiger partial charge in [-0.2, -0.15) is 5.10 Å². The maximum absolute atomic E-state index is 10.5. The van der Waals surface area contributed by atoms with Crippen LogP contribution in [0.3, 0.4) is 0 Å². The average Bonchev–Trinajstić information content (AvgIpc) is 2.68. The number of nitrogens with zero attached hydrogens (tertiary/aromatic N) is 2. The first-order chi connectivity index (χ1) is 7.21. The number of carbonyl (C=O) groups excluding carboxylic acids is 1. The van der Waals surface area contributed by atoms with Crippen LogP contribution in [-0.4, -0.2) is 16.1 Å². The van der Waals surface area contributed by atoms with Gasteiger partial charge in [0.15, 0.2) is 0 Å². The van der Waals surface area contributed by atoms with Gasteiger partial charge in [-0.15, -0.1) is 0 Å². The van der Waals surface area contributed by atoms with Gasteiger partial charge in [-0.05, 0) is 32.3 Å². The van der Waals surface area contributed by atoms with Crippen LogP contribution in [0.5, 0.6) is 0 Å². The highest BCUT2D eigenvalue weighted by molar-refractivity contribution is 5.52. The number of aldehydes is 1. The quantitative estimate of drug-likeness (QED) is 0.672. The molecular formula is C12H20N2O. The number of carbonyl (C=O) groups is 1. The summed E-state index contributed by atoms with van der Waals surface area (Å²) in [6.45, 7) is 7.07. The van der Waals surface area contributed by atoms with Crippen LogP contribution in [0.25, 0.3) is 0 Å². The molecule has 1 rings (SSSR count). The van der Waals surface area contributed by atoms with Crippen LogP contribution in [0.4, 0.5) is 0 Å². The molecule has 0 aromatic carbocycles. The normalized spacial score (nSPS) is 12.7. The predicted molar refractivity (Wildman–Crippen MR) is 60.8 cm³/mol. The third-order valence-electron chi connectivity index (χ3n) is 2.66. The second-order valence-corrected chi connectivity index (χ2v) is 3.95. The summed E-state index contributed by atoms with van der Waals surface area (Å²) >= 11 is 0. The number of aromatic nitrogens is 2. The van der Waals surface area contributed by atoms with Crippen LogP contribution < -0.4 is 0 Å². The fraction of sp³-hybridized carbons (Fsp3) is 0.667. The van der Waals surface area contributed by atoms with Gasteiger partial charge in [0.05, 0.1) is 5.69 Å². The molecule has 15 heavy (non-hydrogen) atoms. The van der Waals surface area contributed by atoms with Gasteiger partial charge in [0.2, 0.25) is 0 Å². The summed E-state index contributed by atoms with van der Waals surface area (Å²) in [6, 6.07) is 2.15. The lowest BCUT2D eigenvalue weighted by Gasteiger charge is -2.05. The molecule has 0 spiro atoms. The summed E-state index contributed by atoms with van der Waals surface area (Å²) in [5.41, 5.74) is 2.40. The Hall–Kier alpha value is -1.12. The zero-order valence-corrected chi connectivity index (χ0v) is 9.86. The highest BCUT2D eigenvalue weighted by Crippen LogP contribution is 2.11. The van der Waals surface area contributed by atoms with E-state index in [9.17, 15) is 4.79 Å². The first kappa shape index (κ1) is 12.0. The number of rotatable bonds is 6. The Bertz CT molecular complexity index is 317. The topological polar surface area (TPSA) is 34.9 Å². The molecule has 1 atom stereocenters. The fourth-order valence-corrected chi connectivity index (χ4v) is 1.61. The second-order valence-electron chi connectivity index (χ2n) is 3.95. The molecule has 0 aliphatic rings. The van der Waals surface area contributed by atoms with Crippen molar-refractivity contribution in [3.05, 3.63) is 17.5 Å². The summed E-state index contributed by atoms with van der Waals surface area (Å²) in [7, 11) is 0. The van der Waals surface area contributed by atoms with Crippen LogP contribution in [-0.2, 0) is 24.2 Å². The molecule has 1 unspecified atom stereocenters. The van der Waals surface area contributed by atoms with Crippen molar-refractivity contribution in [1.82, 2.24) is 9.78 Å². The Morgan fingerprint density at radius 3 is 2.80 bits per heavy atom. The van der Waals surface area contributed by atoms with Crippen molar-refractivity contribution >= 4 is 6.29 Å². The summed E-state index contributed by atoms with van der Waals surface area (Å²) in [5, 5.41) is 4.48. The largest absolute Gasteiger partial charge is 0.303 e. The molecule has 0 radical (unpaired) electrons. The van der Waals surface area contributed by atoms with E-state index < -0.39 is 0 Å². The Labute approximate surface area is 91.5 Å². The molecule has 3 nitrogen and oxygen atoms in total. The van der Waals surface area contributed by atoms with E-state index in [2.05, 4.69) is 25.0 Å². The molecule has 3 heteroatoms. The number of hydrogen-bond donors (Lipinski definition) is 0. The van der Waals surface area contributed by atoms with Crippen molar-refractivity contribution in [2.24, 2.45) is 5.92 Å². The first-order valence-corrected chi connectivity index (χ1v) is 5.72. The molecule has 0 bridgehead atoms. The van der Waals surface area contributed by atoms with Gasteiger partial charge in [0, 0.05) is 18.2 Å². The Morgan fingerprint density at radius 1 is 1.53 bits per heavy atom. The lowest BCUT2D eigenvalue weighted by atomic mass is 10.1. The van der Waals surface area contributed by atoms with Gasteiger partial charge < -0.3 is 4.79 Å². The van der Waals surface area contributed by atoms with E-state index >= 15 is 0 Å². The maximum Gasteiger partial charge on any atom is 0.122 e. The molecule has 0 saturated carbocycles. The van der Waals surface area contributed by atoms with Gasteiger partial charge in [-0.3, -0.25) is 4.68 Å². The van der Waals surface area contributed by atoms with Gasteiger partial charge in [-0.25, -0.2) is 0 Å². The van der Waals surface area contributed by atoms with E-state index in [1.165, 1.54) is 5.69 Å². The van der Waals surface area contributed by atoms with Gasteiger partial charge in [0.25, 0.3) is 0 Å². The predicted octanol–water partition coefficient (Wildman–Crippen LogP) is 2.23. The minimum absolute atomic E-state index is 0.148. The lowest BCUT2D eigenvalue weighted by Crippen LogP contribution is -2.05. The summed E-state index contributed by atoms with van der Waals surface area (Å²) in [4.78, 5) is 10.5. The molecule has 0 aliphatic heterocycles. The highest BCUT2D eigenvalue weighted by atomic mass is 16.1. The van der Waals surface area contributed by atoms with E-state index in [1.807, 2.05) is 11.6 Å². The van der Waals surface area contributed by atoms with Crippen molar-refractivity contribution in [3.8, 4) is 0 Å². The zero-order chi connectivity index (χ0) is 11.3. The van der Waals surface area contributed by atoms with Crippen molar-refractivity contribution in [2.75, 3.05) is 0 Å². The monoisotopic (exact) mass is 208 g/mol. The molecule has 84 valence electrons. The number of hydrogen-bond acceptors (Lipinski definition) is 2. The van der Waals surface area contributed by atoms with Crippen LogP contribution in [0, 0.1) is 5.92 Å². The van der Waals surface area contributed by atoms with E-state index in [0.29, 0.717) is 0 Å². The van der Waals surface area contributed by atoms with Gasteiger partial charge in [-0.1, -0.05) is 13.8 Å². The van der Waals surface area contributed by atoms with E-state index in [1.54, 1.807) is 0 Å². The smallest absolute Gasteiger partial charge is 0.122 e. The molecule has 1 aromatic rings. The third kappa shape index (κ3) is 3.18. The molecule has 0 fully saturated rings. The molecular weight excluding hydrogens is 188 g/mol. The van der Waals surface area contributed by atoms with Crippen LogP contribution in [0.15, 0.2) is 6.07 Å². The van der Waals surface area contributed by atoms with Crippen molar-refractivity contribution < 1.29 is 4.79 Å². The average molecular weight is 208 g/mol. The van der Waals surface area contributed by atoms with Crippen molar-refractivity contribution in [2.45, 2.75) is 46.6 Å². The Kier molecular flexibility index (Phi) is 4.53. The zero-order valence-electron chi connectivity index (χ0n) is 9.86. The lowest BCUT2D eigenvalue weighted by molar-refractivity contribution is -0.110. The fourth-order valence-electron chi connectivity index (χ4n) is 1.61. The third-order valence-corrected chi connectivity index (χ3v) is 2.66. The molecule has 0 amide bonds. The van der Waals surface area contributed by atoms with Crippen molar-refractivity contribution in [1.29, 1.82) is 0 Å². The Morgan fingerprint density at radius 2 is 2.27 bits per heavy atom. The van der Waals surface area contributed by atoms with Gasteiger partial charge in [0.1, 0.15) is 6.29 Å². The standard InChI is InChI=1S/C12H20N2O/c1-4-11-8-12(14(5-2)13-11)7-6-10(3)9-15/h8-10H,4-7H2,1-3H3. The van der Waals surface area contributed by atoms with E-state index in [0.717, 1.165) is 37.8 Å². The van der Waals surface area contributed by atoms with Crippen LogP contribution in [0.1, 0.15) is 38.6 Å². The molecule has 0 aliphatic carbocycles. The summed E-state index contributed by atoms with van der Waals surface area (Å²) < 4.78 is 2.04. The number of aryl methyl sites for hydroxylation is 3. The molecule has 0 N–H and O–H groups in total. The SMILES string of the molecule is CCc1cc(CCC(C)C=O)n(CC)n1. The van der Waals surface area contributed by atoms with Crippen LogP contribution in [0.2, 0.25) is 0 Å². The molecule has 1 aromatic heterocycles. The second kappa shape index (κ2) is 5.69. The summed E-state index contributed by atoms with van der Waals surface area (Å²) in [6.07, 6.45) is 3.86. The van der Waals surface area contributed by atoms with Gasteiger partial charge >= 0.3 is 0 Å². The highest BCUT2D eigenvalue weighted by Gasteiger charge is 2.07. The minimum Gasteiger partial charge on any atom is -0.303 e. The molecule has 1 heterocycles.